The zero-order chi connectivity index (χ0) is 22.7. The molecule has 8 nitrogen and oxygen atoms in total. The van der Waals surface area contributed by atoms with Crippen molar-refractivity contribution < 1.29 is 25.2 Å². The number of imidazole rings is 1. The molecule has 1 aliphatic carbocycles. The Morgan fingerprint density at radius 3 is 2.34 bits per heavy atom. The van der Waals surface area contributed by atoms with Gasteiger partial charge >= 0.3 is 5.97 Å². The standard InChI is InChI=1S/C24H27N3O5/c28-18(14-19(29)15-20(30)31)8-13-27-22(17-4-2-1-3-5-17)21(16-6-11-25-12-7-16)26-23(27)24(32)9-10-24/h1-7,11-12,18-19,28-29,32H,8-10,13-15H2,(H,30,31)/t18?,19-/m1/s1. The summed E-state index contributed by atoms with van der Waals surface area (Å²) in [7, 11) is 0. The first-order chi connectivity index (χ1) is 15.4. The van der Waals surface area contributed by atoms with Crippen LogP contribution in [0.4, 0.5) is 0 Å². The highest BCUT2D eigenvalue weighted by Gasteiger charge is 2.47. The Morgan fingerprint density at radius 2 is 1.72 bits per heavy atom. The van der Waals surface area contributed by atoms with Gasteiger partial charge in [-0.2, -0.15) is 0 Å². The number of carbonyl (C=O) groups is 1. The number of aliphatic hydroxyl groups is 3. The van der Waals surface area contributed by atoms with E-state index in [2.05, 4.69) is 4.98 Å². The van der Waals surface area contributed by atoms with E-state index in [9.17, 15) is 20.1 Å². The van der Waals surface area contributed by atoms with E-state index in [0.717, 1.165) is 22.5 Å². The van der Waals surface area contributed by atoms with Gasteiger partial charge in [0.1, 0.15) is 11.4 Å². The molecule has 168 valence electrons. The van der Waals surface area contributed by atoms with E-state index in [4.69, 9.17) is 10.1 Å². The zero-order valence-electron chi connectivity index (χ0n) is 17.6. The second-order valence-corrected chi connectivity index (χ2v) is 8.35. The molecule has 1 saturated carbocycles. The number of carboxylic acid groups (broad SMARTS) is 1. The highest BCUT2D eigenvalue weighted by atomic mass is 16.4. The Labute approximate surface area is 185 Å². The molecule has 1 aliphatic rings. The molecule has 4 N–H and O–H groups in total. The molecule has 2 heterocycles. The fraction of sp³-hybridized carbons (Fsp3) is 0.375. The van der Waals surface area contributed by atoms with Crippen LogP contribution in [0.1, 0.15) is 37.9 Å². The number of hydrogen-bond donors (Lipinski definition) is 4. The summed E-state index contributed by atoms with van der Waals surface area (Å²) in [5.74, 6) is -0.549. The van der Waals surface area contributed by atoms with Gasteiger partial charge in [-0.05, 0) is 37.8 Å². The lowest BCUT2D eigenvalue weighted by Gasteiger charge is -2.19. The number of pyridine rings is 1. The molecule has 2 atom stereocenters. The lowest BCUT2D eigenvalue weighted by molar-refractivity contribution is -0.139. The molecule has 1 aromatic carbocycles. The fourth-order valence-corrected chi connectivity index (χ4v) is 3.96. The van der Waals surface area contributed by atoms with E-state index in [1.165, 1.54) is 0 Å². The van der Waals surface area contributed by atoms with Gasteiger partial charge in [-0.15, -0.1) is 0 Å². The highest BCUT2D eigenvalue weighted by Crippen LogP contribution is 2.47. The number of nitrogens with zero attached hydrogens (tertiary/aromatic N) is 3. The summed E-state index contributed by atoms with van der Waals surface area (Å²) in [6, 6.07) is 13.5. The Hall–Kier alpha value is -3.07. The molecule has 0 spiro atoms. The van der Waals surface area contributed by atoms with Crippen molar-refractivity contribution in [2.24, 2.45) is 0 Å². The van der Waals surface area contributed by atoms with Gasteiger partial charge in [-0.1, -0.05) is 30.3 Å². The van der Waals surface area contributed by atoms with Gasteiger partial charge < -0.3 is 25.0 Å². The van der Waals surface area contributed by atoms with E-state index in [1.54, 1.807) is 12.4 Å². The molecular formula is C24H27N3O5. The van der Waals surface area contributed by atoms with Crippen molar-refractivity contribution in [2.45, 2.75) is 56.5 Å². The van der Waals surface area contributed by atoms with E-state index < -0.39 is 30.2 Å². The fourth-order valence-electron chi connectivity index (χ4n) is 3.96. The second-order valence-electron chi connectivity index (χ2n) is 8.35. The Bertz CT molecular complexity index is 1060. The van der Waals surface area contributed by atoms with Crippen LogP contribution in [-0.4, -0.2) is 53.1 Å². The van der Waals surface area contributed by atoms with Crippen LogP contribution in [0.25, 0.3) is 22.5 Å². The van der Waals surface area contributed by atoms with Crippen LogP contribution in [0.15, 0.2) is 54.9 Å². The molecule has 2 aromatic heterocycles. The summed E-state index contributed by atoms with van der Waals surface area (Å²) < 4.78 is 1.95. The first-order valence-electron chi connectivity index (χ1n) is 10.7. The molecule has 32 heavy (non-hydrogen) atoms. The third-order valence-electron chi connectivity index (χ3n) is 5.75. The predicted molar refractivity (Wildman–Crippen MR) is 118 cm³/mol. The number of aromatic nitrogens is 3. The Kier molecular flexibility index (Phi) is 6.36. The largest absolute Gasteiger partial charge is 0.481 e. The minimum atomic E-state index is -1.11. The van der Waals surface area contributed by atoms with Crippen LogP contribution >= 0.6 is 0 Å². The summed E-state index contributed by atoms with van der Waals surface area (Å²) in [5, 5.41) is 40.1. The van der Waals surface area contributed by atoms with Crippen molar-refractivity contribution in [3.8, 4) is 22.5 Å². The molecular weight excluding hydrogens is 410 g/mol. The minimum absolute atomic E-state index is 0.0293. The smallest absolute Gasteiger partial charge is 0.305 e. The average molecular weight is 437 g/mol. The number of aliphatic carboxylic acids is 1. The monoisotopic (exact) mass is 437 g/mol. The lowest BCUT2D eigenvalue weighted by Crippen LogP contribution is -2.23. The third-order valence-corrected chi connectivity index (χ3v) is 5.75. The number of rotatable bonds is 10. The quantitative estimate of drug-likeness (QED) is 0.384. The van der Waals surface area contributed by atoms with Gasteiger partial charge in [-0.3, -0.25) is 9.78 Å². The van der Waals surface area contributed by atoms with Gasteiger partial charge in [0.05, 0.1) is 30.0 Å². The Balaban J connectivity index is 1.70. The Morgan fingerprint density at radius 1 is 1.03 bits per heavy atom. The van der Waals surface area contributed by atoms with Crippen LogP contribution in [0, 0.1) is 0 Å². The van der Waals surface area contributed by atoms with E-state index in [-0.39, 0.29) is 12.8 Å². The highest BCUT2D eigenvalue weighted by molar-refractivity contribution is 5.79. The SMILES string of the molecule is O=C(O)C[C@H](O)CC(O)CCn1c(C2(O)CC2)nc(-c2ccncc2)c1-c1ccccc1. The van der Waals surface area contributed by atoms with Crippen molar-refractivity contribution in [3.63, 3.8) is 0 Å². The molecule has 3 aromatic rings. The van der Waals surface area contributed by atoms with Crippen molar-refractivity contribution in [1.29, 1.82) is 0 Å². The first kappa shape index (κ1) is 22.1. The number of benzene rings is 1. The number of carboxylic acids is 1. The van der Waals surface area contributed by atoms with Crippen molar-refractivity contribution in [3.05, 3.63) is 60.7 Å². The van der Waals surface area contributed by atoms with Crippen LogP contribution in [-0.2, 0) is 16.9 Å². The summed E-state index contributed by atoms with van der Waals surface area (Å²) in [6.07, 6.45) is 2.48. The molecule has 1 fully saturated rings. The average Bonchev–Trinajstić information content (AvgIpc) is 3.39. The molecule has 0 saturated heterocycles. The maximum atomic E-state index is 11.0. The van der Waals surface area contributed by atoms with Gasteiger partial charge in [0.15, 0.2) is 0 Å². The minimum Gasteiger partial charge on any atom is -0.481 e. The molecule has 0 bridgehead atoms. The molecule has 0 aliphatic heterocycles. The van der Waals surface area contributed by atoms with Gasteiger partial charge in [0.25, 0.3) is 0 Å². The summed E-state index contributed by atoms with van der Waals surface area (Å²) in [5.41, 5.74) is 2.38. The van der Waals surface area contributed by atoms with Gasteiger partial charge in [-0.25, -0.2) is 4.98 Å². The zero-order valence-corrected chi connectivity index (χ0v) is 17.6. The normalized spacial score (nSPS) is 16.5. The second kappa shape index (κ2) is 9.20. The van der Waals surface area contributed by atoms with Crippen LogP contribution in [0.5, 0.6) is 0 Å². The van der Waals surface area contributed by atoms with Gasteiger partial charge in [0, 0.05) is 30.1 Å². The van der Waals surface area contributed by atoms with Crippen molar-refractivity contribution in [2.75, 3.05) is 0 Å². The number of hydrogen-bond acceptors (Lipinski definition) is 6. The molecule has 4 rings (SSSR count). The molecule has 0 amide bonds. The van der Waals surface area contributed by atoms with Crippen LogP contribution in [0.2, 0.25) is 0 Å². The molecule has 8 heteroatoms. The van der Waals surface area contributed by atoms with Crippen LogP contribution in [0.3, 0.4) is 0 Å². The van der Waals surface area contributed by atoms with E-state index >= 15 is 0 Å². The van der Waals surface area contributed by atoms with Crippen molar-refractivity contribution in [1.82, 2.24) is 14.5 Å². The summed E-state index contributed by atoms with van der Waals surface area (Å²) >= 11 is 0. The summed E-state index contributed by atoms with van der Waals surface area (Å²) in [4.78, 5) is 19.7. The topological polar surface area (TPSA) is 129 Å². The van der Waals surface area contributed by atoms with Crippen molar-refractivity contribution >= 4 is 5.97 Å². The molecule has 0 radical (unpaired) electrons. The predicted octanol–water partition coefficient (Wildman–Crippen LogP) is 2.57. The lowest BCUT2D eigenvalue weighted by atomic mass is 10.0. The van der Waals surface area contributed by atoms with E-state index in [0.29, 0.717) is 25.2 Å². The number of aliphatic hydroxyl groups excluding tert-OH is 2. The van der Waals surface area contributed by atoms with Gasteiger partial charge in [0.2, 0.25) is 0 Å². The first-order valence-corrected chi connectivity index (χ1v) is 10.7. The maximum Gasteiger partial charge on any atom is 0.305 e. The van der Waals surface area contributed by atoms with Crippen LogP contribution < -0.4 is 0 Å². The maximum absolute atomic E-state index is 11.0. The van der Waals surface area contributed by atoms with E-state index in [1.807, 2.05) is 47.0 Å². The summed E-state index contributed by atoms with van der Waals surface area (Å²) in [6.45, 7) is 0.362. The third kappa shape index (κ3) is 4.88. The molecule has 1 unspecified atom stereocenters.